The summed E-state index contributed by atoms with van der Waals surface area (Å²) in [5.74, 6) is 1.14. The number of furan rings is 1. The Balaban J connectivity index is 1.33. The summed E-state index contributed by atoms with van der Waals surface area (Å²) >= 11 is 0. The summed E-state index contributed by atoms with van der Waals surface area (Å²) in [4.78, 5) is 12.9. The molecule has 5 rings (SSSR count). The van der Waals surface area contributed by atoms with Crippen molar-refractivity contribution < 1.29 is 36.6 Å². The van der Waals surface area contributed by atoms with E-state index in [-0.39, 0.29) is 29.3 Å². The first-order valence-electron chi connectivity index (χ1n) is 10.9. The number of fused-ring (bicyclic) bond motifs is 1. The molecule has 2 aliphatic rings. The number of amides is 1. The Labute approximate surface area is 193 Å². The van der Waals surface area contributed by atoms with E-state index in [1.165, 1.54) is 24.3 Å². The number of halogens is 3. The maximum atomic E-state index is 13.0. The molecular weight excluding hydrogens is 451 g/mol. The molecule has 3 aromatic rings. The standard InChI is InChI=1S/C25H22F3NO5/c26-25(27,28)18-3-1-2-16(12-18)19-6-7-21(34-19)23(30)29-14-24(8-10-31-11-9-24)17-4-5-20-22(13-17)33-15-32-20/h1-7,12-13H,8-11,14-15H2,(H,29,30). The molecule has 6 nitrogen and oxygen atoms in total. The molecule has 0 unspecified atom stereocenters. The fourth-order valence-corrected chi connectivity index (χ4v) is 4.36. The fourth-order valence-electron chi connectivity index (χ4n) is 4.36. The van der Waals surface area contributed by atoms with Crippen molar-refractivity contribution in [2.45, 2.75) is 24.4 Å². The molecule has 3 heterocycles. The number of hydrogen-bond acceptors (Lipinski definition) is 5. The van der Waals surface area contributed by atoms with E-state index in [1.807, 2.05) is 18.2 Å². The predicted molar refractivity (Wildman–Crippen MR) is 116 cm³/mol. The van der Waals surface area contributed by atoms with E-state index in [0.717, 1.165) is 17.7 Å². The summed E-state index contributed by atoms with van der Waals surface area (Å²) in [7, 11) is 0. The van der Waals surface area contributed by atoms with Gasteiger partial charge >= 0.3 is 6.18 Å². The van der Waals surface area contributed by atoms with Gasteiger partial charge in [0, 0.05) is 30.7 Å². The largest absolute Gasteiger partial charge is 0.454 e. The number of hydrogen-bond donors (Lipinski definition) is 1. The highest BCUT2D eigenvalue weighted by Crippen LogP contribution is 2.40. The van der Waals surface area contributed by atoms with Gasteiger partial charge in [0.1, 0.15) is 5.76 Å². The molecule has 0 atom stereocenters. The average Bonchev–Trinajstić information content (AvgIpc) is 3.52. The maximum absolute atomic E-state index is 13.0. The highest BCUT2D eigenvalue weighted by atomic mass is 19.4. The minimum atomic E-state index is -4.46. The Hall–Kier alpha value is -3.46. The van der Waals surface area contributed by atoms with Gasteiger partial charge in [-0.3, -0.25) is 4.79 Å². The van der Waals surface area contributed by atoms with Gasteiger partial charge in [-0.05, 0) is 54.8 Å². The second kappa shape index (κ2) is 8.72. The van der Waals surface area contributed by atoms with Crippen molar-refractivity contribution in [1.29, 1.82) is 0 Å². The van der Waals surface area contributed by atoms with E-state index in [1.54, 1.807) is 0 Å². The van der Waals surface area contributed by atoms with Crippen molar-refractivity contribution in [3.63, 3.8) is 0 Å². The van der Waals surface area contributed by atoms with Crippen LogP contribution in [0.4, 0.5) is 13.2 Å². The van der Waals surface area contributed by atoms with Crippen molar-refractivity contribution in [3.05, 3.63) is 71.5 Å². The molecule has 178 valence electrons. The molecule has 1 amide bonds. The third-order valence-electron chi connectivity index (χ3n) is 6.33. The number of benzene rings is 2. The Kier molecular flexibility index (Phi) is 5.73. The number of carbonyl (C=O) groups excluding carboxylic acids is 1. The molecule has 1 saturated heterocycles. The normalized spacial score (nSPS) is 16.9. The van der Waals surface area contributed by atoms with Crippen molar-refractivity contribution in [1.82, 2.24) is 5.32 Å². The molecule has 9 heteroatoms. The maximum Gasteiger partial charge on any atom is 0.416 e. The lowest BCUT2D eigenvalue weighted by molar-refractivity contribution is -0.137. The first kappa shape index (κ1) is 22.3. The highest BCUT2D eigenvalue weighted by Gasteiger charge is 2.36. The lowest BCUT2D eigenvalue weighted by Gasteiger charge is -2.38. The zero-order valence-electron chi connectivity index (χ0n) is 18.1. The van der Waals surface area contributed by atoms with Gasteiger partial charge < -0.3 is 23.9 Å². The van der Waals surface area contributed by atoms with Gasteiger partial charge in [0.05, 0.1) is 5.56 Å². The molecule has 0 radical (unpaired) electrons. The second-order valence-electron chi connectivity index (χ2n) is 8.39. The Morgan fingerprint density at radius 1 is 0.971 bits per heavy atom. The third-order valence-corrected chi connectivity index (χ3v) is 6.33. The molecule has 2 aliphatic heterocycles. The molecule has 0 aliphatic carbocycles. The lowest BCUT2D eigenvalue weighted by atomic mass is 9.74. The SMILES string of the molecule is O=C(NCC1(c2ccc3c(c2)OCO3)CCOCC1)c1ccc(-c2cccc(C(F)(F)F)c2)o1. The van der Waals surface area contributed by atoms with Crippen molar-refractivity contribution in [2.75, 3.05) is 26.6 Å². The Morgan fingerprint density at radius 3 is 2.56 bits per heavy atom. The quantitative estimate of drug-likeness (QED) is 0.554. The summed E-state index contributed by atoms with van der Waals surface area (Å²) in [5, 5.41) is 2.94. The molecule has 34 heavy (non-hydrogen) atoms. The second-order valence-corrected chi connectivity index (χ2v) is 8.39. The van der Waals surface area contributed by atoms with Crippen molar-refractivity contribution in [2.24, 2.45) is 0 Å². The van der Waals surface area contributed by atoms with Gasteiger partial charge in [-0.25, -0.2) is 0 Å². The summed E-state index contributed by atoms with van der Waals surface area (Å²) < 4.78 is 61.1. The van der Waals surface area contributed by atoms with Crippen LogP contribution in [0, 0.1) is 0 Å². The number of carbonyl (C=O) groups is 1. The first-order chi connectivity index (χ1) is 16.3. The van der Waals surface area contributed by atoms with Crippen LogP contribution >= 0.6 is 0 Å². The van der Waals surface area contributed by atoms with Crippen molar-refractivity contribution >= 4 is 5.91 Å². The Morgan fingerprint density at radius 2 is 1.76 bits per heavy atom. The topological polar surface area (TPSA) is 69.9 Å². The smallest absolute Gasteiger partial charge is 0.416 e. The van der Waals surface area contributed by atoms with Crippen LogP contribution in [0.5, 0.6) is 11.5 Å². The van der Waals surface area contributed by atoms with E-state index in [2.05, 4.69) is 5.32 Å². The summed E-state index contributed by atoms with van der Waals surface area (Å²) in [6, 6.07) is 13.5. The van der Waals surface area contributed by atoms with Gasteiger partial charge in [0.25, 0.3) is 5.91 Å². The molecular formula is C25H22F3NO5. The van der Waals surface area contributed by atoms with Gasteiger partial charge in [0.15, 0.2) is 17.3 Å². The summed E-state index contributed by atoms with van der Waals surface area (Å²) in [5.41, 5.74) is 0.128. The third kappa shape index (κ3) is 4.35. The van der Waals surface area contributed by atoms with Gasteiger partial charge in [-0.1, -0.05) is 18.2 Å². The molecule has 2 aromatic carbocycles. The van der Waals surface area contributed by atoms with Crippen LogP contribution in [0.2, 0.25) is 0 Å². The van der Waals surface area contributed by atoms with Crippen LogP contribution in [0.15, 0.2) is 59.0 Å². The number of ether oxygens (including phenoxy) is 3. The van der Waals surface area contributed by atoms with Crippen molar-refractivity contribution in [3.8, 4) is 22.8 Å². The van der Waals surface area contributed by atoms with Crippen LogP contribution in [-0.4, -0.2) is 32.5 Å². The first-order valence-corrected chi connectivity index (χ1v) is 10.9. The molecule has 1 fully saturated rings. The Bertz CT molecular complexity index is 1200. The highest BCUT2D eigenvalue weighted by molar-refractivity contribution is 5.92. The molecule has 0 saturated carbocycles. The molecule has 0 spiro atoms. The van der Waals surface area contributed by atoms with E-state index in [9.17, 15) is 18.0 Å². The average molecular weight is 473 g/mol. The van der Waals surface area contributed by atoms with Crippen LogP contribution in [0.3, 0.4) is 0 Å². The minimum Gasteiger partial charge on any atom is -0.454 e. The number of rotatable bonds is 5. The number of alkyl halides is 3. The minimum absolute atomic E-state index is 0.0281. The lowest BCUT2D eigenvalue weighted by Crippen LogP contribution is -2.44. The molecule has 1 aromatic heterocycles. The predicted octanol–water partition coefficient (Wildman–Crippen LogP) is 5.17. The molecule has 0 bridgehead atoms. The van der Waals surface area contributed by atoms with Gasteiger partial charge in [-0.15, -0.1) is 0 Å². The van der Waals surface area contributed by atoms with Gasteiger partial charge in [-0.2, -0.15) is 13.2 Å². The van der Waals surface area contributed by atoms with E-state index >= 15 is 0 Å². The fraction of sp³-hybridized carbons (Fsp3) is 0.320. The van der Waals surface area contributed by atoms with Crippen LogP contribution < -0.4 is 14.8 Å². The van der Waals surface area contributed by atoms with Gasteiger partial charge in [0.2, 0.25) is 6.79 Å². The monoisotopic (exact) mass is 473 g/mol. The summed E-state index contributed by atoms with van der Waals surface area (Å²) in [6.07, 6.45) is -3.04. The molecule has 1 N–H and O–H groups in total. The van der Waals surface area contributed by atoms with E-state index < -0.39 is 17.6 Å². The van der Waals surface area contributed by atoms with E-state index in [4.69, 9.17) is 18.6 Å². The van der Waals surface area contributed by atoms with E-state index in [0.29, 0.717) is 44.1 Å². The summed E-state index contributed by atoms with van der Waals surface area (Å²) in [6.45, 7) is 1.64. The number of nitrogens with one attached hydrogen (secondary N) is 1. The van der Waals surface area contributed by atoms with Crippen LogP contribution in [0.25, 0.3) is 11.3 Å². The van der Waals surface area contributed by atoms with Crippen LogP contribution in [-0.2, 0) is 16.3 Å². The zero-order chi connectivity index (χ0) is 23.8. The zero-order valence-corrected chi connectivity index (χ0v) is 18.1. The van der Waals surface area contributed by atoms with Crippen LogP contribution in [0.1, 0.15) is 34.5 Å².